The lowest BCUT2D eigenvalue weighted by atomic mass is 10.1. The van der Waals surface area contributed by atoms with Crippen LogP contribution in [0.15, 0.2) is 71.8 Å². The van der Waals surface area contributed by atoms with Crippen molar-refractivity contribution < 1.29 is 0 Å². The first kappa shape index (κ1) is 17.6. The van der Waals surface area contributed by atoms with Gasteiger partial charge in [0, 0.05) is 12.1 Å². The molecule has 27 heavy (non-hydrogen) atoms. The predicted octanol–water partition coefficient (Wildman–Crippen LogP) is 4.63. The third-order valence-electron chi connectivity index (χ3n) is 4.70. The maximum Gasteiger partial charge on any atom is 0.272 e. The number of hydrogen-bond donors (Lipinski definition) is 0. The topological polar surface area (TPSA) is 47.8 Å². The fourth-order valence-electron chi connectivity index (χ4n) is 3.17. The van der Waals surface area contributed by atoms with Gasteiger partial charge in [-0.2, -0.15) is 4.37 Å². The van der Waals surface area contributed by atoms with Crippen LogP contribution in [0.3, 0.4) is 0 Å². The van der Waals surface area contributed by atoms with Gasteiger partial charge in [0.1, 0.15) is 15.9 Å². The Hall–Kier alpha value is -2.79. The molecule has 0 bridgehead atoms. The highest BCUT2D eigenvalue weighted by Gasteiger charge is 2.15. The standard InChI is InChI=1S/C22H21N3OS/c1-16-7-5-11-18(13-12-16)19-20-21(27-24-19)22(26)25(15-23-20)14-6-10-17-8-3-2-4-9-17/h2-5,7-9,11-13,15-16H,6,10,14H2,1H3. The molecule has 0 radical (unpaired) electrons. The van der Waals surface area contributed by atoms with Gasteiger partial charge in [0.15, 0.2) is 0 Å². The normalized spacial score (nSPS) is 16.5. The van der Waals surface area contributed by atoms with Gasteiger partial charge in [-0.25, -0.2) is 4.98 Å². The van der Waals surface area contributed by atoms with Crippen molar-refractivity contribution in [2.45, 2.75) is 26.3 Å². The monoisotopic (exact) mass is 375 g/mol. The number of hydrogen-bond acceptors (Lipinski definition) is 4. The smallest absolute Gasteiger partial charge is 0.272 e. The van der Waals surface area contributed by atoms with Gasteiger partial charge in [-0.3, -0.25) is 9.36 Å². The number of rotatable bonds is 5. The van der Waals surface area contributed by atoms with E-state index < -0.39 is 0 Å². The molecule has 0 saturated carbocycles. The molecular weight excluding hydrogens is 354 g/mol. The minimum Gasteiger partial charge on any atom is -0.298 e. The van der Waals surface area contributed by atoms with Gasteiger partial charge in [-0.15, -0.1) is 0 Å². The van der Waals surface area contributed by atoms with E-state index in [9.17, 15) is 4.79 Å². The summed E-state index contributed by atoms with van der Waals surface area (Å²) in [6, 6.07) is 10.3. The molecule has 0 spiro atoms. The van der Waals surface area contributed by atoms with Gasteiger partial charge in [-0.1, -0.05) is 67.6 Å². The van der Waals surface area contributed by atoms with E-state index in [1.54, 1.807) is 10.9 Å². The van der Waals surface area contributed by atoms with Crippen molar-refractivity contribution in [3.05, 3.63) is 88.7 Å². The summed E-state index contributed by atoms with van der Waals surface area (Å²) in [5, 5.41) is 0. The molecule has 0 aliphatic heterocycles. The zero-order chi connectivity index (χ0) is 18.6. The molecule has 136 valence electrons. The summed E-state index contributed by atoms with van der Waals surface area (Å²) < 4.78 is 6.86. The molecular formula is C22H21N3OS. The fourth-order valence-corrected chi connectivity index (χ4v) is 3.98. The second-order valence-electron chi connectivity index (χ2n) is 6.77. The first-order chi connectivity index (χ1) is 13.2. The third kappa shape index (κ3) is 3.83. The predicted molar refractivity (Wildman–Crippen MR) is 112 cm³/mol. The van der Waals surface area contributed by atoms with Crippen LogP contribution in [0.5, 0.6) is 0 Å². The summed E-state index contributed by atoms with van der Waals surface area (Å²) in [6.07, 6.45) is 13.9. The van der Waals surface area contributed by atoms with Crippen LogP contribution in [0.25, 0.3) is 15.8 Å². The highest BCUT2D eigenvalue weighted by molar-refractivity contribution is 7.13. The summed E-state index contributed by atoms with van der Waals surface area (Å²) in [4.78, 5) is 17.4. The Labute approximate surface area is 162 Å². The Bertz CT molecular complexity index is 1090. The Morgan fingerprint density at radius 3 is 2.89 bits per heavy atom. The number of nitrogens with zero attached hydrogens (tertiary/aromatic N) is 3. The molecule has 1 aliphatic carbocycles. The van der Waals surface area contributed by atoms with E-state index in [0.29, 0.717) is 22.7 Å². The van der Waals surface area contributed by atoms with Crippen molar-refractivity contribution in [2.75, 3.05) is 0 Å². The molecule has 0 amide bonds. The zero-order valence-electron chi connectivity index (χ0n) is 15.2. The molecule has 4 rings (SSSR count). The van der Waals surface area contributed by atoms with E-state index in [1.165, 1.54) is 17.1 Å². The largest absolute Gasteiger partial charge is 0.298 e. The molecule has 0 saturated heterocycles. The third-order valence-corrected chi connectivity index (χ3v) is 5.52. The van der Waals surface area contributed by atoms with Crippen LogP contribution in [0.4, 0.5) is 0 Å². The van der Waals surface area contributed by atoms with E-state index >= 15 is 0 Å². The molecule has 0 N–H and O–H groups in total. The first-order valence-electron chi connectivity index (χ1n) is 9.18. The SMILES string of the molecule is CC1C=CC=C(c2nsc3c(=O)n(CCCc4ccccc4)cnc23)C=C1. The summed E-state index contributed by atoms with van der Waals surface area (Å²) in [6.45, 7) is 2.79. The molecule has 1 aliphatic rings. The Balaban J connectivity index is 1.57. The van der Waals surface area contributed by atoms with Crippen molar-refractivity contribution in [1.29, 1.82) is 0 Å². The fraction of sp³-hybridized carbons (Fsp3) is 0.227. The molecule has 1 unspecified atom stereocenters. The van der Waals surface area contributed by atoms with Gasteiger partial charge in [-0.05, 0) is 35.9 Å². The minimum atomic E-state index is -0.000997. The van der Waals surface area contributed by atoms with Gasteiger partial charge >= 0.3 is 0 Å². The van der Waals surface area contributed by atoms with Crippen LogP contribution in [0, 0.1) is 5.92 Å². The van der Waals surface area contributed by atoms with Gasteiger partial charge in [0.2, 0.25) is 0 Å². The van der Waals surface area contributed by atoms with Crippen molar-refractivity contribution in [3.63, 3.8) is 0 Å². The first-order valence-corrected chi connectivity index (χ1v) is 9.95. The van der Waals surface area contributed by atoms with E-state index in [-0.39, 0.29) is 5.56 Å². The lowest BCUT2D eigenvalue weighted by Crippen LogP contribution is -2.20. The van der Waals surface area contributed by atoms with Crippen LogP contribution in [-0.2, 0) is 13.0 Å². The van der Waals surface area contributed by atoms with Crippen LogP contribution in [0.2, 0.25) is 0 Å². The lowest BCUT2D eigenvalue weighted by Gasteiger charge is -2.05. The Morgan fingerprint density at radius 2 is 2.04 bits per heavy atom. The van der Waals surface area contributed by atoms with Crippen molar-refractivity contribution in [3.8, 4) is 0 Å². The van der Waals surface area contributed by atoms with E-state index in [2.05, 4.69) is 46.6 Å². The quantitative estimate of drug-likeness (QED) is 0.653. The van der Waals surface area contributed by atoms with Crippen LogP contribution in [0.1, 0.15) is 24.6 Å². The van der Waals surface area contributed by atoms with Crippen molar-refractivity contribution >= 4 is 27.3 Å². The highest BCUT2D eigenvalue weighted by Crippen LogP contribution is 2.26. The summed E-state index contributed by atoms with van der Waals surface area (Å²) >= 11 is 1.24. The molecule has 1 atom stereocenters. The molecule has 0 fully saturated rings. The average molecular weight is 375 g/mol. The molecule has 1 aromatic carbocycles. The molecule has 5 heteroatoms. The second-order valence-corrected chi connectivity index (χ2v) is 7.54. The molecule has 2 aromatic heterocycles. The number of aryl methyl sites for hydroxylation is 2. The molecule has 3 aromatic rings. The molecule has 4 nitrogen and oxygen atoms in total. The minimum absolute atomic E-state index is 0.000997. The molecule has 2 heterocycles. The lowest BCUT2D eigenvalue weighted by molar-refractivity contribution is 0.618. The zero-order valence-corrected chi connectivity index (χ0v) is 16.0. The number of fused-ring (bicyclic) bond motifs is 1. The number of aromatic nitrogens is 3. The Morgan fingerprint density at radius 1 is 1.19 bits per heavy atom. The van der Waals surface area contributed by atoms with Gasteiger partial charge < -0.3 is 0 Å². The summed E-state index contributed by atoms with van der Waals surface area (Å²) in [5.41, 5.74) is 3.77. The van der Waals surface area contributed by atoms with E-state index in [1.807, 2.05) is 30.4 Å². The average Bonchev–Trinajstić information content (AvgIpc) is 3.00. The maximum atomic E-state index is 12.8. The van der Waals surface area contributed by atoms with Crippen LogP contribution in [-0.4, -0.2) is 13.9 Å². The van der Waals surface area contributed by atoms with E-state index in [0.717, 1.165) is 24.1 Å². The summed E-state index contributed by atoms with van der Waals surface area (Å²) in [5.74, 6) is 0.387. The number of benzene rings is 1. The van der Waals surface area contributed by atoms with Crippen molar-refractivity contribution in [2.24, 2.45) is 5.92 Å². The number of allylic oxidation sites excluding steroid dienone is 6. The summed E-state index contributed by atoms with van der Waals surface area (Å²) in [7, 11) is 0. The highest BCUT2D eigenvalue weighted by atomic mass is 32.1. The van der Waals surface area contributed by atoms with Gasteiger partial charge in [0.05, 0.1) is 6.33 Å². The van der Waals surface area contributed by atoms with Crippen LogP contribution < -0.4 is 5.56 Å². The Kier molecular flexibility index (Phi) is 5.12. The van der Waals surface area contributed by atoms with E-state index in [4.69, 9.17) is 0 Å². The van der Waals surface area contributed by atoms with Crippen LogP contribution >= 0.6 is 11.5 Å². The van der Waals surface area contributed by atoms with Crippen molar-refractivity contribution in [1.82, 2.24) is 13.9 Å². The maximum absolute atomic E-state index is 12.8. The van der Waals surface area contributed by atoms with Gasteiger partial charge in [0.25, 0.3) is 5.56 Å². The second kappa shape index (κ2) is 7.84.